The van der Waals surface area contributed by atoms with E-state index < -0.39 is 0 Å². The van der Waals surface area contributed by atoms with E-state index in [1.807, 2.05) is 66.0 Å². The van der Waals surface area contributed by atoms with Gasteiger partial charge in [0.05, 0.1) is 17.6 Å². The Hall–Kier alpha value is -3.31. The number of halogens is 1. The van der Waals surface area contributed by atoms with Crippen LogP contribution in [0.5, 0.6) is 0 Å². The summed E-state index contributed by atoms with van der Waals surface area (Å²) < 4.78 is 13.1. The molecule has 132 valence electrons. The van der Waals surface area contributed by atoms with Gasteiger partial charge >= 0.3 is 0 Å². The van der Waals surface area contributed by atoms with E-state index in [9.17, 15) is 4.39 Å². The Bertz CT molecular complexity index is 1030. The molecule has 4 aromatic rings. The summed E-state index contributed by atoms with van der Waals surface area (Å²) in [4.78, 5) is 4.75. The minimum atomic E-state index is -0.264. The van der Waals surface area contributed by atoms with E-state index in [0.717, 1.165) is 27.6 Å². The van der Waals surface area contributed by atoms with Gasteiger partial charge < -0.3 is 0 Å². The van der Waals surface area contributed by atoms with E-state index >= 15 is 0 Å². The van der Waals surface area contributed by atoms with E-state index in [4.69, 9.17) is 4.98 Å². The van der Waals surface area contributed by atoms with Crippen LogP contribution < -0.4 is 5.01 Å². The second-order valence-corrected chi connectivity index (χ2v) is 6.66. The van der Waals surface area contributed by atoms with E-state index in [0.29, 0.717) is 0 Å². The first kappa shape index (κ1) is 17.1. The van der Waals surface area contributed by atoms with Crippen molar-refractivity contribution in [1.29, 1.82) is 0 Å². The Kier molecular flexibility index (Phi) is 5.03. The van der Waals surface area contributed by atoms with Crippen LogP contribution in [0.15, 0.2) is 95.4 Å². The second-order valence-electron chi connectivity index (χ2n) is 5.82. The highest BCUT2D eigenvalue weighted by Crippen LogP contribution is 2.32. The number of hydrazone groups is 1. The summed E-state index contributed by atoms with van der Waals surface area (Å²) in [7, 11) is 0. The number of nitrogens with zero attached hydrogens (tertiary/aromatic N) is 3. The fraction of sp³-hybridized carbons (Fsp3) is 0. The zero-order chi connectivity index (χ0) is 18.5. The van der Waals surface area contributed by atoms with Crippen LogP contribution in [0.25, 0.3) is 11.3 Å². The van der Waals surface area contributed by atoms with Crippen molar-refractivity contribution in [3.8, 4) is 11.3 Å². The molecular formula is C22H16FN3S. The van der Waals surface area contributed by atoms with E-state index in [-0.39, 0.29) is 5.82 Å². The first-order chi connectivity index (χ1) is 13.3. The van der Waals surface area contributed by atoms with Gasteiger partial charge in [0, 0.05) is 10.9 Å². The SMILES string of the molecule is Fc1ccc(C=NN(c2ccccc2)c2nc(-c3ccccc3)cs2)cc1. The van der Waals surface area contributed by atoms with E-state index in [2.05, 4.69) is 5.10 Å². The van der Waals surface area contributed by atoms with Crippen LogP contribution in [0.4, 0.5) is 15.2 Å². The van der Waals surface area contributed by atoms with Crippen LogP contribution in [0.2, 0.25) is 0 Å². The summed E-state index contributed by atoms with van der Waals surface area (Å²) in [5.74, 6) is -0.264. The second kappa shape index (κ2) is 7.93. The standard InChI is InChI=1S/C22H16FN3S/c23-19-13-11-17(12-14-19)15-24-26(20-9-5-2-6-10-20)22-25-21(16-27-22)18-7-3-1-4-8-18/h1-16H. The summed E-state index contributed by atoms with van der Waals surface area (Å²) >= 11 is 1.53. The minimum Gasteiger partial charge on any atom is -0.218 e. The third-order valence-corrected chi connectivity index (χ3v) is 4.75. The Morgan fingerprint density at radius 3 is 2.22 bits per heavy atom. The molecule has 0 radical (unpaired) electrons. The van der Waals surface area contributed by atoms with E-state index in [1.165, 1.54) is 23.5 Å². The third kappa shape index (κ3) is 4.10. The number of rotatable bonds is 5. The van der Waals surface area contributed by atoms with Crippen molar-refractivity contribution in [2.75, 3.05) is 5.01 Å². The summed E-state index contributed by atoms with van der Waals surface area (Å²) in [5.41, 5.74) is 3.70. The first-order valence-corrected chi connectivity index (χ1v) is 9.33. The molecule has 0 aliphatic rings. The maximum atomic E-state index is 13.1. The van der Waals surface area contributed by atoms with Gasteiger partial charge in [-0.1, -0.05) is 60.7 Å². The third-order valence-electron chi connectivity index (χ3n) is 3.94. The molecule has 1 heterocycles. The number of anilines is 2. The van der Waals surface area contributed by atoms with Crippen LogP contribution in [-0.4, -0.2) is 11.2 Å². The average Bonchev–Trinajstić information content (AvgIpc) is 3.21. The lowest BCUT2D eigenvalue weighted by Gasteiger charge is -2.15. The molecule has 0 aliphatic heterocycles. The lowest BCUT2D eigenvalue weighted by molar-refractivity contribution is 0.628. The van der Waals surface area contributed by atoms with Crippen LogP contribution in [-0.2, 0) is 0 Å². The molecule has 0 unspecified atom stereocenters. The quantitative estimate of drug-likeness (QED) is 0.311. The molecule has 3 nitrogen and oxygen atoms in total. The first-order valence-electron chi connectivity index (χ1n) is 8.45. The molecule has 0 spiro atoms. The molecule has 0 saturated carbocycles. The Labute approximate surface area is 161 Å². The van der Waals surface area contributed by atoms with Crippen LogP contribution in [0.1, 0.15) is 5.56 Å². The fourth-order valence-electron chi connectivity index (χ4n) is 2.57. The molecule has 0 saturated heterocycles. The molecule has 0 aliphatic carbocycles. The number of hydrogen-bond donors (Lipinski definition) is 0. The van der Waals surface area contributed by atoms with Crippen molar-refractivity contribution in [2.45, 2.75) is 0 Å². The van der Waals surface area contributed by atoms with Gasteiger partial charge in [0.15, 0.2) is 0 Å². The molecule has 0 bridgehead atoms. The number of hydrogen-bond acceptors (Lipinski definition) is 4. The minimum absolute atomic E-state index is 0.264. The van der Waals surface area contributed by atoms with Gasteiger partial charge in [-0.15, -0.1) is 11.3 Å². The van der Waals surface area contributed by atoms with Gasteiger partial charge in [0.25, 0.3) is 0 Å². The van der Waals surface area contributed by atoms with Crippen molar-refractivity contribution in [3.05, 3.63) is 102 Å². The summed E-state index contributed by atoms with van der Waals surface area (Å²) in [6.07, 6.45) is 1.70. The zero-order valence-electron chi connectivity index (χ0n) is 14.4. The molecular weight excluding hydrogens is 357 g/mol. The van der Waals surface area contributed by atoms with Crippen molar-refractivity contribution in [3.63, 3.8) is 0 Å². The van der Waals surface area contributed by atoms with Gasteiger partial charge in [0.2, 0.25) is 5.13 Å². The summed E-state index contributed by atoms with van der Waals surface area (Å²) in [6, 6.07) is 26.1. The number of para-hydroxylation sites is 1. The Morgan fingerprint density at radius 1 is 0.852 bits per heavy atom. The van der Waals surface area contributed by atoms with E-state index in [1.54, 1.807) is 23.4 Å². The molecule has 27 heavy (non-hydrogen) atoms. The van der Waals surface area contributed by atoms with Crippen molar-refractivity contribution >= 4 is 28.4 Å². The summed E-state index contributed by atoms with van der Waals surface area (Å²) in [6.45, 7) is 0. The highest BCUT2D eigenvalue weighted by Gasteiger charge is 2.13. The largest absolute Gasteiger partial charge is 0.218 e. The smallest absolute Gasteiger partial charge is 0.211 e. The molecule has 0 fully saturated rings. The monoisotopic (exact) mass is 373 g/mol. The molecule has 5 heteroatoms. The van der Waals surface area contributed by atoms with Gasteiger partial charge in [-0.05, 0) is 29.8 Å². The molecule has 0 amide bonds. The maximum absolute atomic E-state index is 13.1. The lowest BCUT2D eigenvalue weighted by Crippen LogP contribution is -2.09. The highest BCUT2D eigenvalue weighted by molar-refractivity contribution is 7.14. The van der Waals surface area contributed by atoms with Gasteiger partial charge in [-0.3, -0.25) is 0 Å². The predicted molar refractivity (Wildman–Crippen MR) is 110 cm³/mol. The predicted octanol–water partition coefficient (Wildman–Crippen LogP) is 6.12. The number of benzene rings is 3. The van der Waals surface area contributed by atoms with Crippen molar-refractivity contribution in [1.82, 2.24) is 4.98 Å². The Morgan fingerprint density at radius 2 is 1.52 bits per heavy atom. The maximum Gasteiger partial charge on any atom is 0.211 e. The topological polar surface area (TPSA) is 28.5 Å². The molecule has 0 atom stereocenters. The number of aromatic nitrogens is 1. The van der Waals surface area contributed by atoms with Gasteiger partial charge in [-0.2, -0.15) is 5.10 Å². The normalized spacial score (nSPS) is 11.0. The van der Waals surface area contributed by atoms with Gasteiger partial charge in [0.1, 0.15) is 5.82 Å². The average molecular weight is 373 g/mol. The van der Waals surface area contributed by atoms with Crippen molar-refractivity contribution in [2.24, 2.45) is 5.10 Å². The highest BCUT2D eigenvalue weighted by atomic mass is 32.1. The van der Waals surface area contributed by atoms with Crippen LogP contribution >= 0.6 is 11.3 Å². The lowest BCUT2D eigenvalue weighted by atomic mass is 10.2. The van der Waals surface area contributed by atoms with Crippen LogP contribution in [0, 0.1) is 5.82 Å². The molecule has 1 aromatic heterocycles. The molecule has 3 aromatic carbocycles. The molecule has 0 N–H and O–H groups in total. The Balaban J connectivity index is 1.68. The molecule has 4 rings (SSSR count). The summed E-state index contributed by atoms with van der Waals surface area (Å²) in [5, 5.41) is 9.18. The van der Waals surface area contributed by atoms with Crippen molar-refractivity contribution < 1.29 is 4.39 Å². The van der Waals surface area contributed by atoms with Crippen LogP contribution in [0.3, 0.4) is 0 Å². The van der Waals surface area contributed by atoms with Gasteiger partial charge in [-0.25, -0.2) is 14.4 Å². The zero-order valence-corrected chi connectivity index (χ0v) is 15.2. The number of thiazole rings is 1. The fourth-order valence-corrected chi connectivity index (χ4v) is 3.38.